The molecule has 1 aliphatic rings. The summed E-state index contributed by atoms with van der Waals surface area (Å²) in [5.41, 5.74) is 5.54. The normalized spacial score (nSPS) is 28.1. The average Bonchev–Trinajstić information content (AvgIpc) is 2.80. The van der Waals surface area contributed by atoms with Gasteiger partial charge in [0.25, 0.3) is 0 Å². The van der Waals surface area contributed by atoms with Crippen molar-refractivity contribution >= 4 is 34.1 Å². The van der Waals surface area contributed by atoms with Gasteiger partial charge in [0.05, 0.1) is 5.25 Å². The molecule has 4 atom stereocenters. The quantitative estimate of drug-likeness (QED) is 0.835. The van der Waals surface area contributed by atoms with Gasteiger partial charge >= 0.3 is 0 Å². The Balaban J connectivity index is 1.87. The summed E-state index contributed by atoms with van der Waals surface area (Å²) >= 11 is 2.73. The monoisotopic (exact) mass is 314 g/mol. The Labute approximate surface area is 128 Å². The van der Waals surface area contributed by atoms with E-state index in [1.807, 2.05) is 6.92 Å². The molecule has 0 unspecified atom stereocenters. The average molecular weight is 314 g/mol. The molecule has 1 aromatic rings. The first-order valence-corrected chi connectivity index (χ1v) is 8.73. The van der Waals surface area contributed by atoms with E-state index in [9.17, 15) is 4.79 Å². The van der Waals surface area contributed by atoms with Crippen molar-refractivity contribution in [1.29, 1.82) is 0 Å². The van der Waals surface area contributed by atoms with Crippen LogP contribution in [0, 0.1) is 11.8 Å². The Kier molecular flexibility index (Phi) is 5.26. The number of thioether (sulfide) groups is 1. The molecular formula is C13H22N4OS2. The first-order chi connectivity index (χ1) is 9.47. The molecule has 3 N–H and O–H groups in total. The largest absolute Gasteiger partial charge is 0.374 e. The van der Waals surface area contributed by atoms with Crippen LogP contribution in [-0.4, -0.2) is 27.4 Å². The number of nitrogens with zero attached hydrogens (tertiary/aromatic N) is 2. The number of amides is 1. The van der Waals surface area contributed by atoms with Gasteiger partial charge in [-0.15, -0.1) is 10.2 Å². The molecule has 1 fully saturated rings. The topological polar surface area (TPSA) is 80.9 Å². The van der Waals surface area contributed by atoms with Gasteiger partial charge in [-0.05, 0) is 25.2 Å². The van der Waals surface area contributed by atoms with Crippen LogP contribution in [0.3, 0.4) is 0 Å². The lowest BCUT2D eigenvalue weighted by Crippen LogP contribution is -2.46. The Bertz CT molecular complexity index is 465. The Hall–Kier alpha value is -0.820. The third-order valence-electron chi connectivity index (χ3n) is 4.10. The first kappa shape index (κ1) is 15.6. The minimum Gasteiger partial charge on any atom is -0.374 e. The van der Waals surface area contributed by atoms with E-state index in [4.69, 9.17) is 5.73 Å². The minimum atomic E-state index is -0.174. The first-order valence-electron chi connectivity index (χ1n) is 7.03. The third-order valence-corrected chi connectivity index (χ3v) is 6.04. The summed E-state index contributed by atoms with van der Waals surface area (Å²) in [5.74, 6) is 1.30. The van der Waals surface area contributed by atoms with Crippen molar-refractivity contribution in [3.63, 3.8) is 0 Å². The number of aromatic nitrogens is 2. The predicted molar refractivity (Wildman–Crippen MR) is 83.8 cm³/mol. The Morgan fingerprint density at radius 2 is 2.20 bits per heavy atom. The summed E-state index contributed by atoms with van der Waals surface area (Å²) in [7, 11) is 0. The number of nitrogen functional groups attached to an aromatic ring is 1. The molecule has 20 heavy (non-hydrogen) atoms. The highest BCUT2D eigenvalue weighted by Crippen LogP contribution is 2.31. The summed E-state index contributed by atoms with van der Waals surface area (Å²) in [6.07, 6.45) is 3.55. The Morgan fingerprint density at radius 3 is 2.85 bits per heavy atom. The van der Waals surface area contributed by atoms with Gasteiger partial charge in [0.15, 0.2) is 4.34 Å². The van der Waals surface area contributed by atoms with Crippen molar-refractivity contribution in [3.8, 4) is 0 Å². The van der Waals surface area contributed by atoms with Crippen LogP contribution in [0.5, 0.6) is 0 Å². The smallest absolute Gasteiger partial charge is 0.233 e. The molecule has 0 spiro atoms. The van der Waals surface area contributed by atoms with Gasteiger partial charge in [-0.3, -0.25) is 4.79 Å². The molecule has 0 bridgehead atoms. The second kappa shape index (κ2) is 6.76. The van der Waals surface area contributed by atoms with Gasteiger partial charge in [0.1, 0.15) is 0 Å². The van der Waals surface area contributed by atoms with Gasteiger partial charge in [-0.1, -0.05) is 49.8 Å². The van der Waals surface area contributed by atoms with E-state index >= 15 is 0 Å². The van der Waals surface area contributed by atoms with Crippen LogP contribution in [0.1, 0.15) is 40.0 Å². The number of nitrogens with one attached hydrogen (secondary N) is 1. The van der Waals surface area contributed by atoms with Crippen LogP contribution in [0.15, 0.2) is 4.34 Å². The SMILES string of the molecule is C[C@@H]1[C@H](C)CCC[C@@H]1NC(=O)[C@@H](C)Sc1nnc(N)s1. The maximum absolute atomic E-state index is 12.3. The van der Waals surface area contributed by atoms with Gasteiger partial charge < -0.3 is 11.1 Å². The molecule has 0 radical (unpaired) electrons. The molecule has 1 aliphatic carbocycles. The molecule has 7 heteroatoms. The molecule has 0 saturated heterocycles. The van der Waals surface area contributed by atoms with Crippen LogP contribution in [-0.2, 0) is 4.79 Å². The van der Waals surface area contributed by atoms with Crippen molar-refractivity contribution in [2.24, 2.45) is 11.8 Å². The molecule has 0 aliphatic heterocycles. The van der Waals surface area contributed by atoms with E-state index in [0.29, 0.717) is 23.0 Å². The fourth-order valence-electron chi connectivity index (χ4n) is 2.56. The molecule has 1 aromatic heterocycles. The fourth-order valence-corrected chi connectivity index (χ4v) is 4.35. The molecule has 2 rings (SSSR count). The molecule has 112 valence electrons. The summed E-state index contributed by atoms with van der Waals surface area (Å²) in [4.78, 5) is 12.3. The van der Waals surface area contributed by atoms with Gasteiger partial charge in [0, 0.05) is 6.04 Å². The van der Waals surface area contributed by atoms with Crippen molar-refractivity contribution < 1.29 is 4.79 Å². The lowest BCUT2D eigenvalue weighted by atomic mass is 9.78. The molecule has 0 aromatic carbocycles. The number of anilines is 1. The second-order valence-corrected chi connectivity index (χ2v) is 8.15. The third kappa shape index (κ3) is 3.85. The fraction of sp³-hybridized carbons (Fsp3) is 0.769. The highest BCUT2D eigenvalue weighted by atomic mass is 32.2. The summed E-state index contributed by atoms with van der Waals surface area (Å²) < 4.78 is 0.746. The number of carbonyl (C=O) groups is 1. The van der Waals surface area contributed by atoms with Crippen LogP contribution >= 0.6 is 23.1 Å². The van der Waals surface area contributed by atoms with Crippen molar-refractivity contribution in [1.82, 2.24) is 15.5 Å². The van der Waals surface area contributed by atoms with Crippen LogP contribution in [0.4, 0.5) is 5.13 Å². The predicted octanol–water partition coefficient (Wildman–Crippen LogP) is 2.54. The zero-order valence-electron chi connectivity index (χ0n) is 12.1. The zero-order chi connectivity index (χ0) is 14.7. The van der Waals surface area contributed by atoms with E-state index in [1.165, 1.54) is 35.9 Å². The van der Waals surface area contributed by atoms with Gasteiger partial charge in [-0.25, -0.2) is 0 Å². The van der Waals surface area contributed by atoms with Crippen LogP contribution in [0.2, 0.25) is 0 Å². The van der Waals surface area contributed by atoms with E-state index in [1.54, 1.807) is 0 Å². The van der Waals surface area contributed by atoms with Gasteiger partial charge in [0.2, 0.25) is 11.0 Å². The summed E-state index contributed by atoms with van der Waals surface area (Å²) in [5, 5.41) is 11.2. The number of hydrogen-bond acceptors (Lipinski definition) is 6. The van der Waals surface area contributed by atoms with Crippen molar-refractivity contribution in [2.45, 2.75) is 55.7 Å². The molecule has 5 nitrogen and oxygen atoms in total. The molecule has 1 heterocycles. The standard InChI is InChI=1S/C13H22N4OS2/c1-7-5-4-6-10(8(7)2)15-11(18)9(3)19-13-17-16-12(14)20-13/h7-10H,4-6H2,1-3H3,(H2,14,16)(H,15,18)/t7-,8-,9-,10+/m1/s1. The van der Waals surface area contributed by atoms with Gasteiger partial charge in [-0.2, -0.15) is 0 Å². The maximum atomic E-state index is 12.3. The van der Waals surface area contributed by atoms with E-state index < -0.39 is 0 Å². The highest BCUT2D eigenvalue weighted by molar-refractivity contribution is 8.02. The number of carbonyl (C=O) groups excluding carboxylic acids is 1. The Morgan fingerprint density at radius 1 is 1.45 bits per heavy atom. The van der Waals surface area contributed by atoms with Crippen molar-refractivity contribution in [3.05, 3.63) is 0 Å². The van der Waals surface area contributed by atoms with E-state index in [0.717, 1.165) is 10.8 Å². The molecule has 1 saturated carbocycles. The molecular weight excluding hydrogens is 292 g/mol. The maximum Gasteiger partial charge on any atom is 0.233 e. The van der Waals surface area contributed by atoms with E-state index in [-0.39, 0.29) is 11.2 Å². The second-order valence-electron chi connectivity index (χ2n) is 5.55. The summed E-state index contributed by atoms with van der Waals surface area (Å²) in [6, 6.07) is 0.300. The molecule has 1 amide bonds. The highest BCUT2D eigenvalue weighted by Gasteiger charge is 2.29. The number of hydrogen-bond donors (Lipinski definition) is 2. The summed E-state index contributed by atoms with van der Waals surface area (Å²) in [6.45, 7) is 6.40. The van der Waals surface area contributed by atoms with Crippen LogP contribution in [0.25, 0.3) is 0 Å². The van der Waals surface area contributed by atoms with Crippen molar-refractivity contribution in [2.75, 3.05) is 5.73 Å². The zero-order valence-corrected chi connectivity index (χ0v) is 13.8. The number of rotatable bonds is 4. The lowest BCUT2D eigenvalue weighted by Gasteiger charge is -2.35. The number of nitrogens with two attached hydrogens (primary N) is 1. The van der Waals surface area contributed by atoms with Crippen LogP contribution < -0.4 is 11.1 Å². The minimum absolute atomic E-state index is 0.0784. The lowest BCUT2D eigenvalue weighted by molar-refractivity contribution is -0.121. The van der Waals surface area contributed by atoms with E-state index in [2.05, 4.69) is 29.4 Å².